The van der Waals surface area contributed by atoms with Crippen molar-refractivity contribution < 1.29 is 24.0 Å². The van der Waals surface area contributed by atoms with Crippen molar-refractivity contribution in [3.05, 3.63) is 59.9 Å². The van der Waals surface area contributed by atoms with Gasteiger partial charge in [-0.3, -0.25) is 9.59 Å². The molecule has 0 bridgehead atoms. The highest BCUT2D eigenvalue weighted by Gasteiger charge is 2.33. The fraction of sp³-hybridized carbons (Fsp3) is 0.360. The Morgan fingerprint density at radius 1 is 1.00 bits per heavy atom. The quantitative estimate of drug-likeness (QED) is 0.515. The molecule has 0 radical (unpaired) electrons. The second-order valence-corrected chi connectivity index (χ2v) is 9.07. The predicted molar refractivity (Wildman–Crippen MR) is 123 cm³/mol. The fourth-order valence-corrected chi connectivity index (χ4v) is 4.23. The third-order valence-electron chi connectivity index (χ3n) is 6.30. The number of carbonyl (C=O) groups excluding carboxylic acids is 2. The van der Waals surface area contributed by atoms with Crippen LogP contribution in [0.1, 0.15) is 61.6 Å². The van der Waals surface area contributed by atoms with Gasteiger partial charge in [-0.1, -0.05) is 29.4 Å². The highest BCUT2D eigenvalue weighted by Crippen LogP contribution is 2.36. The molecule has 0 atom stereocenters. The molecule has 1 aromatic heterocycles. The molecule has 1 aliphatic rings. The van der Waals surface area contributed by atoms with E-state index in [2.05, 4.69) is 15.8 Å². The van der Waals surface area contributed by atoms with E-state index in [0.717, 1.165) is 18.4 Å². The van der Waals surface area contributed by atoms with Crippen LogP contribution in [0.2, 0.25) is 0 Å². The Bertz CT molecular complexity index is 1170. The number of nitrogens with one attached hydrogen (secondary N) is 2. The smallest absolute Gasteiger partial charge is 0.328 e. The lowest BCUT2D eigenvalue weighted by atomic mass is 9.78. The van der Waals surface area contributed by atoms with Crippen molar-refractivity contribution in [2.45, 2.75) is 51.0 Å². The van der Waals surface area contributed by atoms with E-state index in [1.54, 1.807) is 12.1 Å². The first kappa shape index (κ1) is 22.5. The number of fused-ring (bicyclic) bond motifs is 1. The van der Waals surface area contributed by atoms with Gasteiger partial charge in [0.15, 0.2) is 0 Å². The van der Waals surface area contributed by atoms with E-state index in [-0.39, 0.29) is 23.5 Å². The highest BCUT2D eigenvalue weighted by atomic mass is 16.5. The van der Waals surface area contributed by atoms with Gasteiger partial charge in [0.05, 0.1) is 5.39 Å². The number of hydrogen-bond acceptors (Lipinski definition) is 5. The van der Waals surface area contributed by atoms with E-state index in [1.165, 1.54) is 13.8 Å². The monoisotopic (exact) mass is 449 g/mol. The topological polar surface area (TPSA) is 122 Å². The van der Waals surface area contributed by atoms with E-state index in [1.807, 2.05) is 36.4 Å². The molecule has 2 aromatic carbocycles. The van der Waals surface area contributed by atoms with E-state index in [9.17, 15) is 19.5 Å². The zero-order valence-corrected chi connectivity index (χ0v) is 18.6. The molecule has 33 heavy (non-hydrogen) atoms. The molecule has 172 valence electrons. The van der Waals surface area contributed by atoms with Crippen molar-refractivity contribution in [2.75, 3.05) is 5.32 Å². The van der Waals surface area contributed by atoms with Gasteiger partial charge >= 0.3 is 5.97 Å². The molecule has 0 saturated heterocycles. The Balaban J connectivity index is 1.33. The molecule has 1 fully saturated rings. The number of anilines is 1. The maximum Gasteiger partial charge on any atom is 0.328 e. The molecule has 3 N–H and O–H groups in total. The van der Waals surface area contributed by atoms with Gasteiger partial charge in [-0.2, -0.15) is 0 Å². The molecular formula is C25H27N3O5. The van der Waals surface area contributed by atoms with Crippen LogP contribution in [0, 0.1) is 5.92 Å². The van der Waals surface area contributed by atoms with Crippen molar-refractivity contribution in [2.24, 2.45) is 5.92 Å². The molecule has 2 amide bonds. The van der Waals surface area contributed by atoms with Crippen LogP contribution < -0.4 is 10.6 Å². The number of carboxylic acids is 1. The first-order valence-electron chi connectivity index (χ1n) is 11.1. The molecule has 4 rings (SSSR count). The van der Waals surface area contributed by atoms with E-state index >= 15 is 0 Å². The van der Waals surface area contributed by atoms with Crippen LogP contribution in [0.25, 0.3) is 10.9 Å². The standard InChI is InChI=1S/C25H27N3O5/c1-25(2,24(31)32)27-22(29)17-9-7-15(8-10-17)16-11-13-18(14-12-16)26-23(30)21-19-5-3-4-6-20(19)28-33-21/h3-6,11-15,17H,7-10H2,1-2H3,(H,26,30)(H,27,29)(H,31,32)/t15-,17+. The Morgan fingerprint density at radius 3 is 2.33 bits per heavy atom. The number of aliphatic carboxylic acids is 1. The van der Waals surface area contributed by atoms with Gasteiger partial charge in [0.25, 0.3) is 5.91 Å². The zero-order chi connectivity index (χ0) is 23.6. The predicted octanol–water partition coefficient (Wildman–Crippen LogP) is 4.33. The minimum Gasteiger partial charge on any atom is -0.480 e. The summed E-state index contributed by atoms with van der Waals surface area (Å²) in [4.78, 5) is 36.3. The third-order valence-corrected chi connectivity index (χ3v) is 6.30. The summed E-state index contributed by atoms with van der Waals surface area (Å²) in [5.74, 6) is -1.27. The number of amides is 2. The molecule has 0 unspecified atom stereocenters. The number of aromatic nitrogens is 1. The van der Waals surface area contributed by atoms with Crippen molar-refractivity contribution in [3.8, 4) is 0 Å². The maximum atomic E-state index is 12.6. The average molecular weight is 450 g/mol. The lowest BCUT2D eigenvalue weighted by molar-refractivity contribution is -0.146. The number of hydrogen-bond donors (Lipinski definition) is 3. The number of carboxylic acid groups (broad SMARTS) is 1. The van der Waals surface area contributed by atoms with Gasteiger partial charge in [-0.15, -0.1) is 0 Å². The Hall–Kier alpha value is -3.68. The van der Waals surface area contributed by atoms with Crippen LogP contribution in [0.3, 0.4) is 0 Å². The summed E-state index contributed by atoms with van der Waals surface area (Å²) in [5.41, 5.74) is 1.18. The molecule has 8 heteroatoms. The first-order valence-corrected chi connectivity index (χ1v) is 11.1. The maximum absolute atomic E-state index is 12.6. The number of benzene rings is 2. The summed E-state index contributed by atoms with van der Waals surface area (Å²) in [6.07, 6.45) is 3.12. The van der Waals surface area contributed by atoms with Gasteiger partial charge in [0.1, 0.15) is 11.1 Å². The minimum absolute atomic E-state index is 0.171. The molecule has 1 aliphatic carbocycles. The van der Waals surface area contributed by atoms with E-state index in [0.29, 0.717) is 35.3 Å². The summed E-state index contributed by atoms with van der Waals surface area (Å²) >= 11 is 0. The normalized spacial score (nSPS) is 18.6. The minimum atomic E-state index is -1.27. The second-order valence-electron chi connectivity index (χ2n) is 9.07. The van der Waals surface area contributed by atoms with E-state index in [4.69, 9.17) is 4.52 Å². The van der Waals surface area contributed by atoms with Crippen LogP contribution in [0.5, 0.6) is 0 Å². The van der Waals surface area contributed by atoms with Crippen LogP contribution in [0.4, 0.5) is 5.69 Å². The Kier molecular flexibility index (Phi) is 6.18. The van der Waals surface area contributed by atoms with Crippen LogP contribution in [-0.4, -0.2) is 33.6 Å². The van der Waals surface area contributed by atoms with Crippen molar-refractivity contribution in [1.29, 1.82) is 0 Å². The summed E-state index contributed by atoms with van der Waals surface area (Å²) < 4.78 is 5.21. The van der Waals surface area contributed by atoms with Crippen molar-refractivity contribution in [1.82, 2.24) is 10.5 Å². The lowest BCUT2D eigenvalue weighted by Gasteiger charge is -2.30. The lowest BCUT2D eigenvalue weighted by Crippen LogP contribution is -2.51. The molecule has 0 aliphatic heterocycles. The number of rotatable bonds is 6. The molecule has 1 saturated carbocycles. The van der Waals surface area contributed by atoms with Gasteiger partial charge in [0, 0.05) is 11.6 Å². The van der Waals surface area contributed by atoms with Gasteiger partial charge in [0.2, 0.25) is 11.7 Å². The SMILES string of the molecule is CC(C)(NC(=O)[C@H]1CC[C@@H](c2ccc(NC(=O)c3onc4ccccc34)cc2)CC1)C(=O)O. The Labute approximate surface area is 191 Å². The van der Waals surface area contributed by atoms with Crippen molar-refractivity contribution in [3.63, 3.8) is 0 Å². The third kappa shape index (κ3) is 4.89. The Morgan fingerprint density at radius 2 is 1.67 bits per heavy atom. The molecule has 1 heterocycles. The average Bonchev–Trinajstić information content (AvgIpc) is 3.24. The molecule has 8 nitrogen and oxygen atoms in total. The van der Waals surface area contributed by atoms with E-state index < -0.39 is 11.5 Å². The summed E-state index contributed by atoms with van der Waals surface area (Å²) in [5, 5.41) is 19.3. The van der Waals surface area contributed by atoms with Crippen molar-refractivity contribution >= 4 is 34.4 Å². The van der Waals surface area contributed by atoms with Crippen LogP contribution in [0.15, 0.2) is 53.1 Å². The zero-order valence-electron chi connectivity index (χ0n) is 18.6. The second kappa shape index (κ2) is 9.05. The van der Waals surface area contributed by atoms with Crippen LogP contribution >= 0.6 is 0 Å². The fourth-order valence-electron chi connectivity index (χ4n) is 4.23. The van der Waals surface area contributed by atoms with Gasteiger partial charge < -0.3 is 20.3 Å². The summed E-state index contributed by atoms with van der Waals surface area (Å²) in [6, 6.07) is 15.0. The van der Waals surface area contributed by atoms with Crippen LogP contribution in [-0.2, 0) is 9.59 Å². The number of nitrogens with zero attached hydrogens (tertiary/aromatic N) is 1. The summed E-state index contributed by atoms with van der Waals surface area (Å²) in [7, 11) is 0. The summed E-state index contributed by atoms with van der Waals surface area (Å²) in [6.45, 7) is 2.98. The molecule has 0 spiro atoms. The van der Waals surface area contributed by atoms with Gasteiger partial charge in [-0.05, 0) is 75.3 Å². The highest BCUT2D eigenvalue weighted by molar-refractivity contribution is 6.10. The molecule has 3 aromatic rings. The number of carbonyl (C=O) groups is 3. The first-order chi connectivity index (χ1) is 15.7. The largest absolute Gasteiger partial charge is 0.480 e. The van der Waals surface area contributed by atoms with Gasteiger partial charge in [-0.25, -0.2) is 4.79 Å². The molecular weight excluding hydrogens is 422 g/mol.